The van der Waals surface area contributed by atoms with E-state index in [0.717, 1.165) is 16.6 Å². The summed E-state index contributed by atoms with van der Waals surface area (Å²) in [7, 11) is 0. The number of aromatic nitrogens is 1. The molecule has 0 spiro atoms. The maximum Gasteiger partial charge on any atom is 0.146 e. The van der Waals surface area contributed by atoms with Gasteiger partial charge in [-0.15, -0.1) is 11.3 Å². The molecule has 0 radical (unpaired) electrons. The molecule has 0 aliphatic heterocycles. The molecule has 1 unspecified atom stereocenters. The summed E-state index contributed by atoms with van der Waals surface area (Å²) in [5.41, 5.74) is 7.37. The zero-order valence-corrected chi connectivity index (χ0v) is 10.1. The first kappa shape index (κ1) is 11.5. The molecule has 84 valence electrons. The molecular formula is C11H10ClFN2S. The van der Waals surface area contributed by atoms with Crippen molar-refractivity contribution in [1.82, 2.24) is 4.98 Å². The molecule has 0 aliphatic carbocycles. The van der Waals surface area contributed by atoms with E-state index in [4.69, 9.17) is 17.3 Å². The number of thiophene rings is 1. The summed E-state index contributed by atoms with van der Waals surface area (Å²) in [4.78, 5) is 4.47. The van der Waals surface area contributed by atoms with Gasteiger partial charge in [0.05, 0.1) is 17.3 Å². The molecule has 0 aliphatic rings. The van der Waals surface area contributed by atoms with Gasteiger partial charge in [-0.2, -0.15) is 0 Å². The molecule has 0 saturated heterocycles. The third-order valence-electron chi connectivity index (χ3n) is 2.35. The van der Waals surface area contributed by atoms with Gasteiger partial charge in [0.2, 0.25) is 0 Å². The van der Waals surface area contributed by atoms with Crippen molar-refractivity contribution < 1.29 is 4.39 Å². The molecule has 2 aromatic rings. The summed E-state index contributed by atoms with van der Waals surface area (Å²) < 4.78 is 13.5. The van der Waals surface area contributed by atoms with Crippen molar-refractivity contribution in [2.75, 3.05) is 0 Å². The van der Waals surface area contributed by atoms with Crippen molar-refractivity contribution in [3.63, 3.8) is 0 Å². The summed E-state index contributed by atoms with van der Waals surface area (Å²) in [5, 5.41) is 2.53. The Hall–Kier alpha value is -0.970. The van der Waals surface area contributed by atoms with Crippen LogP contribution in [0.4, 0.5) is 4.39 Å². The standard InChI is InChI=1S/C11H10ClFN2S/c1-6-5-16-11(9(6)12)10(14)7-2-3-15-4-8(7)13/h2-5,10H,14H2,1H3. The Balaban J connectivity index is 2.43. The monoisotopic (exact) mass is 256 g/mol. The summed E-state index contributed by atoms with van der Waals surface area (Å²) in [6, 6.07) is 1.04. The van der Waals surface area contributed by atoms with Crippen LogP contribution < -0.4 is 5.73 Å². The summed E-state index contributed by atoms with van der Waals surface area (Å²) in [5.74, 6) is -0.405. The molecule has 2 rings (SSSR count). The van der Waals surface area contributed by atoms with Gasteiger partial charge in [-0.25, -0.2) is 4.39 Å². The van der Waals surface area contributed by atoms with Crippen molar-refractivity contribution >= 4 is 22.9 Å². The van der Waals surface area contributed by atoms with Gasteiger partial charge in [-0.1, -0.05) is 11.6 Å². The molecule has 2 aromatic heterocycles. The van der Waals surface area contributed by atoms with Crippen molar-refractivity contribution in [3.05, 3.63) is 50.7 Å². The molecule has 2 heterocycles. The minimum atomic E-state index is -0.533. The maximum atomic E-state index is 13.5. The van der Waals surface area contributed by atoms with Crippen LogP contribution in [0, 0.1) is 12.7 Å². The molecule has 16 heavy (non-hydrogen) atoms. The van der Waals surface area contributed by atoms with Crippen molar-refractivity contribution in [2.45, 2.75) is 13.0 Å². The van der Waals surface area contributed by atoms with Crippen LogP contribution in [-0.4, -0.2) is 4.98 Å². The lowest BCUT2D eigenvalue weighted by Crippen LogP contribution is -2.12. The Morgan fingerprint density at radius 3 is 2.88 bits per heavy atom. The predicted octanol–water partition coefficient (Wildman–Crippen LogP) is 3.29. The maximum absolute atomic E-state index is 13.5. The smallest absolute Gasteiger partial charge is 0.146 e. The first-order valence-electron chi connectivity index (χ1n) is 4.69. The van der Waals surface area contributed by atoms with Crippen LogP contribution in [0.3, 0.4) is 0 Å². The Morgan fingerprint density at radius 2 is 2.31 bits per heavy atom. The lowest BCUT2D eigenvalue weighted by molar-refractivity contribution is 0.594. The van der Waals surface area contributed by atoms with Gasteiger partial charge >= 0.3 is 0 Å². The van der Waals surface area contributed by atoms with Gasteiger partial charge in [0.25, 0.3) is 0 Å². The highest BCUT2D eigenvalue weighted by Crippen LogP contribution is 2.34. The van der Waals surface area contributed by atoms with Crippen molar-refractivity contribution in [1.29, 1.82) is 0 Å². The SMILES string of the molecule is Cc1csc(C(N)c2ccncc2F)c1Cl. The number of rotatable bonds is 2. The van der Waals surface area contributed by atoms with E-state index in [1.54, 1.807) is 6.07 Å². The molecule has 0 saturated carbocycles. The molecule has 2 N–H and O–H groups in total. The Labute approximate surface area is 102 Å². The highest BCUT2D eigenvalue weighted by atomic mass is 35.5. The van der Waals surface area contributed by atoms with E-state index in [9.17, 15) is 4.39 Å². The van der Waals surface area contributed by atoms with Crippen LogP contribution in [0.15, 0.2) is 23.8 Å². The largest absolute Gasteiger partial charge is 0.319 e. The van der Waals surface area contributed by atoms with Gasteiger partial charge < -0.3 is 5.73 Å². The molecule has 0 aromatic carbocycles. The first-order valence-corrected chi connectivity index (χ1v) is 5.95. The van der Waals surface area contributed by atoms with Crippen molar-refractivity contribution in [3.8, 4) is 0 Å². The normalized spacial score (nSPS) is 12.8. The second-order valence-electron chi connectivity index (χ2n) is 3.47. The second-order valence-corrected chi connectivity index (χ2v) is 4.76. The lowest BCUT2D eigenvalue weighted by Gasteiger charge is -2.11. The number of hydrogen-bond donors (Lipinski definition) is 1. The third-order valence-corrected chi connectivity index (χ3v) is 4.14. The molecule has 0 fully saturated rings. The van der Waals surface area contributed by atoms with Crippen molar-refractivity contribution in [2.24, 2.45) is 5.73 Å². The van der Waals surface area contributed by atoms with Crippen LogP contribution in [0.25, 0.3) is 0 Å². The third kappa shape index (κ3) is 1.96. The Morgan fingerprint density at radius 1 is 1.56 bits per heavy atom. The van der Waals surface area contributed by atoms with E-state index in [1.165, 1.54) is 17.5 Å². The van der Waals surface area contributed by atoms with Gasteiger partial charge in [-0.3, -0.25) is 4.98 Å². The molecule has 2 nitrogen and oxygen atoms in total. The van der Waals surface area contributed by atoms with E-state index in [-0.39, 0.29) is 0 Å². The molecule has 0 bridgehead atoms. The fourth-order valence-electron chi connectivity index (χ4n) is 1.44. The molecule has 5 heteroatoms. The van der Waals surface area contributed by atoms with Gasteiger partial charge in [0.1, 0.15) is 5.82 Å². The van der Waals surface area contributed by atoms with Crippen LogP contribution >= 0.6 is 22.9 Å². The first-order chi connectivity index (χ1) is 7.61. The van der Waals surface area contributed by atoms with Gasteiger partial charge in [0, 0.05) is 16.6 Å². The zero-order valence-electron chi connectivity index (χ0n) is 8.58. The Bertz CT molecular complexity index is 512. The van der Waals surface area contributed by atoms with Crippen LogP contribution in [0.5, 0.6) is 0 Å². The highest BCUT2D eigenvalue weighted by Gasteiger charge is 2.18. The van der Waals surface area contributed by atoms with Crippen LogP contribution in [0.2, 0.25) is 5.02 Å². The topological polar surface area (TPSA) is 38.9 Å². The van der Waals surface area contributed by atoms with Gasteiger partial charge in [0.15, 0.2) is 0 Å². The average molecular weight is 257 g/mol. The van der Waals surface area contributed by atoms with E-state index in [0.29, 0.717) is 10.6 Å². The van der Waals surface area contributed by atoms with E-state index < -0.39 is 11.9 Å². The molecule has 0 amide bonds. The quantitative estimate of drug-likeness (QED) is 0.896. The Kier molecular flexibility index (Phi) is 3.23. The average Bonchev–Trinajstić information content (AvgIpc) is 2.60. The molecular weight excluding hydrogens is 247 g/mol. The lowest BCUT2D eigenvalue weighted by atomic mass is 10.1. The number of aryl methyl sites for hydroxylation is 1. The number of pyridine rings is 1. The number of nitrogens with two attached hydrogens (primary N) is 1. The fraction of sp³-hybridized carbons (Fsp3) is 0.182. The minimum Gasteiger partial charge on any atom is -0.319 e. The summed E-state index contributed by atoms with van der Waals surface area (Å²) >= 11 is 7.54. The number of nitrogens with zero attached hydrogens (tertiary/aromatic N) is 1. The second kappa shape index (κ2) is 4.49. The zero-order chi connectivity index (χ0) is 11.7. The van der Waals surface area contributed by atoms with E-state index >= 15 is 0 Å². The van der Waals surface area contributed by atoms with Crippen LogP contribution in [0.1, 0.15) is 22.0 Å². The predicted molar refractivity (Wildman–Crippen MR) is 64.3 cm³/mol. The number of hydrogen-bond acceptors (Lipinski definition) is 3. The summed E-state index contributed by atoms with van der Waals surface area (Å²) in [6.07, 6.45) is 2.68. The van der Waals surface area contributed by atoms with E-state index in [1.807, 2.05) is 12.3 Å². The highest BCUT2D eigenvalue weighted by molar-refractivity contribution is 7.10. The van der Waals surface area contributed by atoms with Crippen LogP contribution in [-0.2, 0) is 0 Å². The summed E-state index contributed by atoms with van der Waals surface area (Å²) in [6.45, 7) is 1.90. The molecule has 1 atom stereocenters. The number of halogens is 2. The fourth-order valence-corrected chi connectivity index (χ4v) is 2.77. The van der Waals surface area contributed by atoms with Gasteiger partial charge in [-0.05, 0) is 23.9 Å². The van der Waals surface area contributed by atoms with E-state index in [2.05, 4.69) is 4.98 Å². The minimum absolute atomic E-state index is 0.405.